The number of benzene rings is 3. The van der Waals surface area contributed by atoms with Gasteiger partial charge in [0.1, 0.15) is 11.3 Å². The number of furan rings is 1. The summed E-state index contributed by atoms with van der Waals surface area (Å²) in [5.41, 5.74) is 1.91. The third-order valence-corrected chi connectivity index (χ3v) is 7.24. The molecular formula is C27H21I2N3O3. The van der Waals surface area contributed by atoms with Crippen LogP contribution in [0.3, 0.4) is 0 Å². The molecule has 0 radical (unpaired) electrons. The lowest BCUT2D eigenvalue weighted by molar-refractivity contribution is 0.214. The number of ether oxygens (including phenoxy) is 1. The molecule has 0 unspecified atom stereocenters. The van der Waals surface area contributed by atoms with Gasteiger partial charge in [-0.2, -0.15) is 9.78 Å². The molecule has 176 valence electrons. The van der Waals surface area contributed by atoms with Crippen molar-refractivity contribution in [1.82, 2.24) is 9.66 Å². The molecular weight excluding hydrogens is 668 g/mol. The fraction of sp³-hybridized carbons (Fsp3) is 0.148. The third-order valence-electron chi connectivity index (χ3n) is 5.64. The van der Waals surface area contributed by atoms with E-state index in [2.05, 4.69) is 64.1 Å². The number of nitrogens with zero attached hydrogens (tertiary/aromatic N) is 3. The van der Waals surface area contributed by atoms with Gasteiger partial charge in [0, 0.05) is 5.39 Å². The molecule has 2 heterocycles. The Hall–Kier alpha value is -2.73. The summed E-state index contributed by atoms with van der Waals surface area (Å²) in [5, 5.41) is 5.99. The van der Waals surface area contributed by atoms with Crippen molar-refractivity contribution in [2.75, 3.05) is 0 Å². The molecule has 0 bridgehead atoms. The van der Waals surface area contributed by atoms with E-state index in [1.54, 1.807) is 12.3 Å². The van der Waals surface area contributed by atoms with E-state index in [9.17, 15) is 4.79 Å². The van der Waals surface area contributed by atoms with Crippen LogP contribution in [-0.4, -0.2) is 22.0 Å². The highest BCUT2D eigenvalue weighted by Crippen LogP contribution is 2.30. The second-order valence-electron chi connectivity index (χ2n) is 8.11. The maximum Gasteiger partial charge on any atom is 0.282 e. The molecule has 8 heteroatoms. The number of fused-ring (bicyclic) bond motifs is 2. The normalized spacial score (nSPS) is 12.6. The Balaban J connectivity index is 1.63. The quantitative estimate of drug-likeness (QED) is 0.141. The Bertz CT molecular complexity index is 1580. The van der Waals surface area contributed by atoms with Gasteiger partial charge in [0.2, 0.25) is 5.82 Å². The van der Waals surface area contributed by atoms with Gasteiger partial charge in [-0.1, -0.05) is 37.3 Å². The van der Waals surface area contributed by atoms with Crippen molar-refractivity contribution in [3.63, 3.8) is 0 Å². The summed E-state index contributed by atoms with van der Waals surface area (Å²) in [4.78, 5) is 18.2. The maximum absolute atomic E-state index is 13.4. The first-order valence-electron chi connectivity index (χ1n) is 11.2. The molecule has 1 atom stereocenters. The summed E-state index contributed by atoms with van der Waals surface area (Å²) in [6.45, 7) is 4.15. The number of aromatic nitrogens is 2. The minimum Gasteiger partial charge on any atom is -0.489 e. The molecule has 35 heavy (non-hydrogen) atoms. The molecule has 5 rings (SSSR count). The molecule has 2 aromatic heterocycles. The molecule has 0 aliphatic carbocycles. The molecule has 0 N–H and O–H groups in total. The molecule has 0 spiro atoms. The molecule has 0 fully saturated rings. The van der Waals surface area contributed by atoms with Crippen LogP contribution in [0, 0.1) is 7.14 Å². The van der Waals surface area contributed by atoms with Crippen molar-refractivity contribution in [2.45, 2.75) is 26.4 Å². The Labute approximate surface area is 229 Å². The van der Waals surface area contributed by atoms with Crippen LogP contribution >= 0.6 is 45.2 Å². The van der Waals surface area contributed by atoms with Crippen LogP contribution in [0.5, 0.6) is 5.75 Å². The fourth-order valence-corrected chi connectivity index (χ4v) is 5.73. The summed E-state index contributed by atoms with van der Waals surface area (Å²) < 4.78 is 15.4. The van der Waals surface area contributed by atoms with Gasteiger partial charge in [-0.25, -0.2) is 4.98 Å². The predicted molar refractivity (Wildman–Crippen MR) is 156 cm³/mol. The second kappa shape index (κ2) is 10.1. The first-order chi connectivity index (χ1) is 16.9. The molecule has 3 aromatic carbocycles. The summed E-state index contributed by atoms with van der Waals surface area (Å²) in [6, 6.07) is 20.8. The number of para-hydroxylation sites is 2. The van der Waals surface area contributed by atoms with E-state index < -0.39 is 0 Å². The average molecular weight is 689 g/mol. The number of hydrogen-bond acceptors (Lipinski definition) is 5. The molecule has 0 saturated carbocycles. The summed E-state index contributed by atoms with van der Waals surface area (Å²) in [6.07, 6.45) is 2.73. The first-order valence-corrected chi connectivity index (χ1v) is 13.3. The van der Waals surface area contributed by atoms with Gasteiger partial charge in [-0.3, -0.25) is 4.79 Å². The molecule has 0 amide bonds. The third kappa shape index (κ3) is 4.86. The Morgan fingerprint density at radius 2 is 1.80 bits per heavy atom. The van der Waals surface area contributed by atoms with Crippen LogP contribution in [0.25, 0.3) is 33.5 Å². The van der Waals surface area contributed by atoms with Crippen molar-refractivity contribution >= 4 is 73.3 Å². The molecule has 5 aromatic rings. The minimum absolute atomic E-state index is 0.130. The van der Waals surface area contributed by atoms with E-state index in [4.69, 9.17) is 14.1 Å². The van der Waals surface area contributed by atoms with Gasteiger partial charge >= 0.3 is 0 Å². The van der Waals surface area contributed by atoms with E-state index in [1.807, 2.05) is 60.7 Å². The van der Waals surface area contributed by atoms with Crippen LogP contribution in [0.15, 0.2) is 81.0 Å². The van der Waals surface area contributed by atoms with Gasteiger partial charge in [0.05, 0.1) is 30.4 Å². The SMILES string of the molecule is CC[C@H](C)Oc1c(I)cc(C=Nn2c(-c3cc4ccccc4o3)nc3ccccc3c2=O)cc1I. The number of hydrogen-bond donors (Lipinski definition) is 0. The van der Waals surface area contributed by atoms with Gasteiger partial charge in [0.15, 0.2) is 5.76 Å². The van der Waals surface area contributed by atoms with E-state index >= 15 is 0 Å². The van der Waals surface area contributed by atoms with E-state index in [1.165, 1.54) is 4.68 Å². The zero-order chi connectivity index (χ0) is 24.5. The summed E-state index contributed by atoms with van der Waals surface area (Å²) >= 11 is 4.54. The Kier molecular flexibility index (Phi) is 6.92. The highest BCUT2D eigenvalue weighted by molar-refractivity contribution is 14.1. The highest BCUT2D eigenvalue weighted by Gasteiger charge is 2.17. The van der Waals surface area contributed by atoms with Crippen LogP contribution in [0.2, 0.25) is 0 Å². The number of halogens is 2. The molecule has 0 aliphatic rings. The fourth-order valence-electron chi connectivity index (χ4n) is 3.66. The van der Waals surface area contributed by atoms with E-state index in [-0.39, 0.29) is 11.7 Å². The first kappa shape index (κ1) is 24.0. The molecule has 0 aliphatic heterocycles. The van der Waals surface area contributed by atoms with Gasteiger partial charge in [-0.05, 0) is 100 Å². The number of rotatable bonds is 6. The van der Waals surface area contributed by atoms with Crippen molar-refractivity contribution in [1.29, 1.82) is 0 Å². The van der Waals surface area contributed by atoms with Crippen LogP contribution in [0.1, 0.15) is 25.8 Å². The van der Waals surface area contributed by atoms with Gasteiger partial charge in [-0.15, -0.1) is 0 Å². The average Bonchev–Trinajstić information content (AvgIpc) is 3.29. The lowest BCUT2D eigenvalue weighted by Gasteiger charge is -2.16. The molecule has 0 saturated heterocycles. The maximum atomic E-state index is 13.4. The Morgan fingerprint density at radius 3 is 2.54 bits per heavy atom. The van der Waals surface area contributed by atoms with Crippen LogP contribution < -0.4 is 10.3 Å². The second-order valence-corrected chi connectivity index (χ2v) is 10.4. The van der Waals surface area contributed by atoms with Gasteiger partial charge < -0.3 is 9.15 Å². The zero-order valence-corrected chi connectivity index (χ0v) is 23.3. The van der Waals surface area contributed by atoms with Crippen LogP contribution in [0.4, 0.5) is 0 Å². The van der Waals surface area contributed by atoms with Crippen molar-refractivity contribution in [2.24, 2.45) is 5.10 Å². The van der Waals surface area contributed by atoms with Crippen molar-refractivity contribution in [3.05, 3.63) is 89.8 Å². The highest BCUT2D eigenvalue weighted by atomic mass is 127. The lowest BCUT2D eigenvalue weighted by Crippen LogP contribution is -2.20. The van der Waals surface area contributed by atoms with Crippen molar-refractivity contribution < 1.29 is 9.15 Å². The minimum atomic E-state index is -0.261. The summed E-state index contributed by atoms with van der Waals surface area (Å²) in [7, 11) is 0. The van der Waals surface area contributed by atoms with Crippen molar-refractivity contribution in [3.8, 4) is 17.3 Å². The van der Waals surface area contributed by atoms with E-state index in [0.29, 0.717) is 22.5 Å². The smallest absolute Gasteiger partial charge is 0.282 e. The summed E-state index contributed by atoms with van der Waals surface area (Å²) in [5.74, 6) is 1.69. The standard InChI is InChI=1S/C27H21I2N3O3/c1-3-16(2)34-25-20(28)12-17(13-21(25)29)15-30-32-26(24-14-18-8-4-7-11-23(18)35-24)31-22-10-6-5-9-19(22)27(32)33/h4-16H,3H2,1-2H3/t16-/m0/s1. The molecule has 6 nitrogen and oxygen atoms in total. The Morgan fingerprint density at radius 1 is 1.09 bits per heavy atom. The monoisotopic (exact) mass is 689 g/mol. The van der Waals surface area contributed by atoms with Gasteiger partial charge in [0.25, 0.3) is 5.56 Å². The largest absolute Gasteiger partial charge is 0.489 e. The van der Waals surface area contributed by atoms with Crippen LogP contribution in [-0.2, 0) is 0 Å². The van der Waals surface area contributed by atoms with E-state index in [0.717, 1.165) is 35.8 Å². The zero-order valence-electron chi connectivity index (χ0n) is 19.0. The predicted octanol–water partition coefficient (Wildman–Crippen LogP) is 7.08. The topological polar surface area (TPSA) is 69.6 Å². The lowest BCUT2D eigenvalue weighted by atomic mass is 10.2.